The van der Waals surface area contributed by atoms with E-state index in [1.54, 1.807) is 45.6 Å². The van der Waals surface area contributed by atoms with E-state index in [1.165, 1.54) is 15.6 Å². The Kier molecular flexibility index (Phi) is 57.1. The van der Waals surface area contributed by atoms with Gasteiger partial charge in [-0.15, -0.1) is 221 Å². The van der Waals surface area contributed by atoms with Gasteiger partial charge in [0, 0.05) is 0 Å². The van der Waals surface area contributed by atoms with Crippen LogP contribution in [-0.4, -0.2) is 81.2 Å². The summed E-state index contributed by atoms with van der Waals surface area (Å²) in [5.74, 6) is 0. The van der Waals surface area contributed by atoms with Crippen molar-refractivity contribution in [1.82, 2.24) is 0 Å². The summed E-state index contributed by atoms with van der Waals surface area (Å²) < 4.78 is 6.09. The lowest BCUT2D eigenvalue weighted by Gasteiger charge is -2.31. The third-order valence-electron chi connectivity index (χ3n) is 15.8. The van der Waals surface area contributed by atoms with E-state index in [-0.39, 0.29) is 0 Å². The van der Waals surface area contributed by atoms with Crippen molar-refractivity contribution in [1.29, 1.82) is 0 Å². The maximum absolute atomic E-state index is 6.09. The zero-order valence-corrected chi connectivity index (χ0v) is 71.3. The van der Waals surface area contributed by atoms with Crippen molar-refractivity contribution in [3.63, 3.8) is 0 Å². The van der Waals surface area contributed by atoms with E-state index in [9.17, 15) is 0 Å². The van der Waals surface area contributed by atoms with Gasteiger partial charge in [-0.1, -0.05) is 282 Å². The molecule has 0 saturated carbocycles. The molecule has 0 aromatic heterocycles. The maximum Gasteiger partial charge on any atom is 0.368 e. The molecule has 0 radical (unpaired) electrons. The van der Waals surface area contributed by atoms with E-state index in [1.807, 2.05) is 123 Å². The molecular weight excluding hydrogens is 1370 g/mol. The molecule has 3 rings (SSSR count). The lowest BCUT2D eigenvalue weighted by molar-refractivity contribution is 0.594. The zero-order chi connectivity index (χ0) is 78.5. The van der Waals surface area contributed by atoms with E-state index in [4.69, 9.17) is 42.7 Å². The minimum absolute atomic E-state index is 1.12. The summed E-state index contributed by atoms with van der Waals surface area (Å²) in [7, 11) is -18.4. The zero-order valence-electron chi connectivity index (χ0n) is 61.3. The maximum atomic E-state index is 6.09. The second kappa shape index (κ2) is 56.3. The number of rotatable bonds is 35. The Morgan fingerprint density at radius 3 is 0.680 bits per heavy atom. The molecule has 0 saturated heterocycles. The topological polar surface area (TPSA) is 9.23 Å². The summed E-state index contributed by atoms with van der Waals surface area (Å²) in [6, 6.07) is 35.9. The van der Waals surface area contributed by atoms with Crippen LogP contribution in [0.4, 0.5) is 0 Å². The minimum atomic E-state index is -2.58. The minimum Gasteiger partial charge on any atom is -0.437 e. The predicted molar refractivity (Wildman–Crippen MR) is 492 cm³/mol. The normalized spacial score (nSPS) is 10.1. The van der Waals surface area contributed by atoms with Crippen molar-refractivity contribution in [2.75, 3.05) is 0 Å². The highest BCUT2D eigenvalue weighted by Gasteiger charge is 2.35. The highest BCUT2D eigenvalue weighted by molar-refractivity contribution is 7.09. The van der Waals surface area contributed by atoms with Crippen molar-refractivity contribution in [2.45, 2.75) is 43.8 Å². The van der Waals surface area contributed by atoms with Crippen molar-refractivity contribution >= 4 is 96.8 Å². The second-order valence-corrected chi connectivity index (χ2v) is 58.9. The van der Waals surface area contributed by atoms with Gasteiger partial charge in [-0.2, -0.15) is 0 Å². The Labute approximate surface area is 623 Å². The Morgan fingerprint density at radius 2 is 0.560 bits per heavy atom. The first-order valence-electron chi connectivity index (χ1n) is 31.6. The lowest BCUT2D eigenvalue weighted by atomic mass is 10.4. The van der Waals surface area contributed by atoms with E-state index in [0.717, 1.165) is 24.2 Å². The van der Waals surface area contributed by atoms with Crippen LogP contribution in [0.3, 0.4) is 0 Å². The van der Waals surface area contributed by atoms with Crippen LogP contribution in [-0.2, 0) is 4.12 Å². The van der Waals surface area contributed by atoms with E-state index in [0.29, 0.717) is 0 Å². The molecule has 3 aromatic carbocycles. The van der Waals surface area contributed by atoms with Gasteiger partial charge in [0.05, 0.1) is 16.1 Å². The predicted octanol–water partition coefficient (Wildman–Crippen LogP) is 20.7. The first kappa shape index (κ1) is 101. The van der Waals surface area contributed by atoms with Crippen LogP contribution in [0.5, 0.6) is 0 Å². The molecule has 0 atom stereocenters. The highest BCUT2D eigenvalue weighted by Crippen LogP contribution is 2.27. The molecule has 1 nitrogen and oxygen atoms in total. The molecule has 11 heteroatoms. The number of hydrogen-bond acceptors (Lipinski definition) is 1. The third-order valence-corrected chi connectivity index (χ3v) is 45.8. The number of benzene rings is 3. The van der Waals surface area contributed by atoms with E-state index >= 15 is 0 Å². The third kappa shape index (κ3) is 35.2. The van der Waals surface area contributed by atoms with E-state index in [2.05, 4.69) is 296 Å². The molecule has 0 unspecified atom stereocenters. The summed E-state index contributed by atoms with van der Waals surface area (Å²) in [6.07, 6.45) is 38.5. The fourth-order valence-corrected chi connectivity index (χ4v) is 24.4. The van der Waals surface area contributed by atoms with Gasteiger partial charge >= 0.3 is 8.07 Å². The standard InChI is InChI=1S/C16H16Si.C12H18OSi2.C12H14Si.C12H20Si.C8H12Si.C8H8Si.C8H4Si.C7H12Si.C6H12Si/c1-3-17(4-2,15-11-7-5-8-12-15)16-13-9-6-10-14-16;1-7-14(8-2,9-3)13-15(10-4,11-5)12-6;1-4-13(5-2,6-3)12-10-8-7-9-11-12;1-5-9-13(10-6-2,11-7-3)12-8-4;3*1-5-9(6-2,7-3)8-4;1-5-8(4,6-2)7-3;1-5-7(3,4)6-2/h3-14H,1-2H2;7-12H,1-6H2;4-11H,1-3H2;5-8H,1-4,9-12H2;5-8H,1-4H2;1-2,7-8H,3-4H2;1-4H;5-7H,1-3H2,4H3;5-6H,1-2H2,3-4H3. The fraction of sp³-hybridized carbons (Fsp3) is 0.0787. The molecule has 0 heterocycles. The summed E-state index contributed by atoms with van der Waals surface area (Å²) >= 11 is 0. The van der Waals surface area contributed by atoms with Gasteiger partial charge in [0.1, 0.15) is 16.1 Å². The van der Waals surface area contributed by atoms with Crippen molar-refractivity contribution in [3.05, 3.63) is 412 Å². The van der Waals surface area contributed by atoms with Gasteiger partial charge in [0.25, 0.3) is 24.7 Å². The van der Waals surface area contributed by atoms with Crippen LogP contribution in [0.1, 0.15) is 0 Å². The summed E-state index contributed by atoms with van der Waals surface area (Å²) in [5.41, 5.74) is 55.8. The number of terminal acetylenes is 6. The average molecular weight is 1480 g/mol. The van der Waals surface area contributed by atoms with Crippen molar-refractivity contribution < 1.29 is 4.12 Å². The highest BCUT2D eigenvalue weighted by atomic mass is 28.4. The molecule has 0 aliphatic rings. The lowest BCUT2D eigenvalue weighted by Crippen LogP contribution is -2.55. The molecule has 3 aromatic rings. The summed E-state index contributed by atoms with van der Waals surface area (Å²) in [5, 5.41) is 3.95. The average Bonchev–Trinajstić information content (AvgIpc) is 0.797. The summed E-state index contributed by atoms with van der Waals surface area (Å²) in [4.78, 5) is 0. The Hall–Kier alpha value is -9.61. The van der Waals surface area contributed by atoms with Gasteiger partial charge in [-0.3, -0.25) is 0 Å². The van der Waals surface area contributed by atoms with Gasteiger partial charge in [0.2, 0.25) is 0 Å². The molecule has 0 spiro atoms. The Balaban J connectivity index is -0.000000252. The van der Waals surface area contributed by atoms with Crippen LogP contribution in [0.25, 0.3) is 0 Å². The number of allylic oxidation sites excluding steroid dienone is 4. The first-order valence-corrected chi connectivity index (χ1v) is 55.5. The van der Waals surface area contributed by atoms with Crippen LogP contribution in [0, 0.1) is 71.8 Å². The molecule has 0 aliphatic carbocycles. The summed E-state index contributed by atoms with van der Waals surface area (Å²) in [6.45, 7) is 105. The Bertz CT molecular complexity index is 3200. The van der Waals surface area contributed by atoms with Crippen molar-refractivity contribution in [2.24, 2.45) is 0 Å². The monoisotopic (exact) mass is 1480 g/mol. The molecule has 0 bridgehead atoms. The van der Waals surface area contributed by atoms with Crippen LogP contribution >= 0.6 is 0 Å². The Morgan fingerprint density at radius 1 is 0.300 bits per heavy atom. The SMILES string of the molecule is C#C[Si](C#C)(C#C)C#C.C#C[Si](C#C)(C=C)C=C.C=CC[Si](CC=C)(CC=C)CC=C.C=C[Si](C)(C)C=C.C=C[Si](C)(C=C)C=C.C=C[Si](C=C)(C=C)C=C.C=C[Si](C=C)(C=C)O[Si](C=C)(C=C)C=C.C=C[Si](C=C)(C=C)c1ccccc1.C=C[Si](C=C)(c1ccccc1)c1ccccc1. The van der Waals surface area contributed by atoms with Gasteiger partial charge in [0.15, 0.2) is 16.1 Å². The fourth-order valence-electron chi connectivity index (χ4n) is 7.70. The van der Waals surface area contributed by atoms with Gasteiger partial charge in [-0.25, -0.2) is 0 Å². The van der Waals surface area contributed by atoms with Gasteiger partial charge < -0.3 is 4.12 Å². The first-order chi connectivity index (χ1) is 47.5. The molecule has 0 fully saturated rings. The van der Waals surface area contributed by atoms with Gasteiger partial charge in [-0.05, 0) is 39.7 Å². The largest absolute Gasteiger partial charge is 0.437 e. The molecule has 0 aliphatic heterocycles. The second-order valence-electron chi connectivity index (χ2n) is 22.3. The smallest absolute Gasteiger partial charge is 0.368 e. The molecule has 518 valence electrons. The molecular formula is C89H116OSi10. The molecule has 0 amide bonds. The molecule has 0 N–H and O–H groups in total. The van der Waals surface area contributed by atoms with Crippen molar-refractivity contribution in [3.8, 4) is 71.8 Å². The van der Waals surface area contributed by atoms with Crippen LogP contribution < -0.4 is 15.6 Å². The van der Waals surface area contributed by atoms with E-state index < -0.39 is 81.2 Å². The quantitative estimate of drug-likeness (QED) is 0.0324. The number of hydrogen-bond donors (Lipinski definition) is 0. The van der Waals surface area contributed by atoms with Crippen LogP contribution in [0.15, 0.2) is 412 Å². The molecule has 100 heavy (non-hydrogen) atoms. The van der Waals surface area contributed by atoms with Crippen LogP contribution in [0.2, 0.25) is 43.8 Å².